The zero-order valence-corrected chi connectivity index (χ0v) is 6.57. The molecule has 11 heavy (non-hydrogen) atoms. The first-order chi connectivity index (χ1) is 4.83. The van der Waals surface area contributed by atoms with E-state index >= 15 is 0 Å². The number of hydrogen-bond donors (Lipinski definition) is 1. The molecule has 1 rings (SSSR count). The Balaban J connectivity index is 2.83. The van der Waals surface area contributed by atoms with E-state index in [4.69, 9.17) is 5.73 Å². The number of hydrogen-bond acceptors (Lipinski definition) is 3. The standard InChI is InChI=1S/C5H9F2NO2S/c6-5(7)3-11(9,10)2-1-4(5)8/h4H,1-3,8H2. The van der Waals surface area contributed by atoms with Crippen LogP contribution in [0.15, 0.2) is 0 Å². The maximum absolute atomic E-state index is 12.6. The van der Waals surface area contributed by atoms with Crippen LogP contribution in [-0.2, 0) is 9.84 Å². The average molecular weight is 185 g/mol. The highest BCUT2D eigenvalue weighted by Crippen LogP contribution is 2.26. The summed E-state index contributed by atoms with van der Waals surface area (Å²) in [6.45, 7) is 0. The molecule has 0 spiro atoms. The minimum absolute atomic E-state index is 0.144. The highest BCUT2D eigenvalue weighted by Gasteiger charge is 2.45. The molecule has 0 amide bonds. The van der Waals surface area contributed by atoms with E-state index < -0.39 is 27.6 Å². The van der Waals surface area contributed by atoms with Gasteiger partial charge in [-0.15, -0.1) is 0 Å². The van der Waals surface area contributed by atoms with Crippen molar-refractivity contribution in [2.24, 2.45) is 5.73 Å². The van der Waals surface area contributed by atoms with Gasteiger partial charge in [0.2, 0.25) is 0 Å². The van der Waals surface area contributed by atoms with Crippen LogP contribution in [0.3, 0.4) is 0 Å². The third kappa shape index (κ3) is 1.87. The van der Waals surface area contributed by atoms with Crippen LogP contribution in [-0.4, -0.2) is 31.9 Å². The first-order valence-corrected chi connectivity index (χ1v) is 4.99. The normalized spacial score (nSPS) is 35.0. The predicted molar refractivity (Wildman–Crippen MR) is 36.2 cm³/mol. The van der Waals surface area contributed by atoms with Crippen LogP contribution in [0.2, 0.25) is 0 Å². The molecular weight excluding hydrogens is 176 g/mol. The minimum atomic E-state index is -3.55. The predicted octanol–water partition coefficient (Wildman–Crippen LogP) is -0.233. The van der Waals surface area contributed by atoms with Gasteiger partial charge in [-0.3, -0.25) is 0 Å². The fourth-order valence-electron chi connectivity index (χ4n) is 0.990. The van der Waals surface area contributed by atoms with E-state index in [1.54, 1.807) is 0 Å². The quantitative estimate of drug-likeness (QED) is 0.567. The molecule has 1 heterocycles. The molecule has 3 nitrogen and oxygen atoms in total. The van der Waals surface area contributed by atoms with Crippen LogP contribution < -0.4 is 5.73 Å². The summed E-state index contributed by atoms with van der Waals surface area (Å²) in [5.74, 6) is -4.55. The second kappa shape index (κ2) is 2.38. The lowest BCUT2D eigenvalue weighted by Crippen LogP contribution is -2.51. The van der Waals surface area contributed by atoms with Crippen molar-refractivity contribution in [1.82, 2.24) is 0 Å². The van der Waals surface area contributed by atoms with Gasteiger partial charge in [0.25, 0.3) is 5.92 Å². The van der Waals surface area contributed by atoms with Crippen LogP contribution in [0, 0.1) is 0 Å². The molecule has 1 atom stereocenters. The van der Waals surface area contributed by atoms with Crippen LogP contribution in [0.1, 0.15) is 6.42 Å². The summed E-state index contributed by atoms with van der Waals surface area (Å²) < 4.78 is 46.5. The van der Waals surface area contributed by atoms with Crippen molar-refractivity contribution in [3.05, 3.63) is 0 Å². The van der Waals surface area contributed by atoms with E-state index in [1.807, 2.05) is 0 Å². The van der Waals surface area contributed by atoms with Crippen molar-refractivity contribution >= 4 is 9.84 Å². The summed E-state index contributed by atoms with van der Waals surface area (Å²) >= 11 is 0. The van der Waals surface area contributed by atoms with Gasteiger partial charge in [0, 0.05) is 0 Å². The molecule has 0 aromatic rings. The van der Waals surface area contributed by atoms with Crippen molar-refractivity contribution in [2.75, 3.05) is 11.5 Å². The van der Waals surface area contributed by atoms with Crippen molar-refractivity contribution in [3.8, 4) is 0 Å². The van der Waals surface area contributed by atoms with E-state index in [-0.39, 0.29) is 12.2 Å². The van der Waals surface area contributed by atoms with Crippen LogP contribution >= 0.6 is 0 Å². The highest BCUT2D eigenvalue weighted by molar-refractivity contribution is 7.91. The van der Waals surface area contributed by atoms with Gasteiger partial charge < -0.3 is 5.73 Å². The summed E-state index contributed by atoms with van der Waals surface area (Å²) in [6.07, 6.45) is -0.144. The van der Waals surface area contributed by atoms with Crippen LogP contribution in [0.5, 0.6) is 0 Å². The molecule has 66 valence electrons. The lowest BCUT2D eigenvalue weighted by atomic mass is 10.1. The van der Waals surface area contributed by atoms with Gasteiger partial charge in [-0.2, -0.15) is 0 Å². The van der Waals surface area contributed by atoms with Crippen LogP contribution in [0.4, 0.5) is 8.78 Å². The van der Waals surface area contributed by atoms with Gasteiger partial charge in [0.05, 0.1) is 11.8 Å². The lowest BCUT2D eigenvalue weighted by molar-refractivity contribution is -0.00637. The molecule has 0 saturated carbocycles. The van der Waals surface area contributed by atoms with Gasteiger partial charge in [-0.25, -0.2) is 17.2 Å². The second-order valence-electron chi connectivity index (χ2n) is 2.75. The number of nitrogens with two attached hydrogens (primary N) is 1. The first kappa shape index (κ1) is 8.86. The van der Waals surface area contributed by atoms with Gasteiger partial charge in [-0.05, 0) is 6.42 Å². The number of sulfone groups is 1. The topological polar surface area (TPSA) is 60.2 Å². The number of rotatable bonds is 0. The molecule has 1 aliphatic rings. The largest absolute Gasteiger partial charge is 0.323 e. The van der Waals surface area contributed by atoms with Crippen molar-refractivity contribution in [2.45, 2.75) is 18.4 Å². The van der Waals surface area contributed by atoms with Crippen LogP contribution in [0.25, 0.3) is 0 Å². The van der Waals surface area contributed by atoms with Gasteiger partial charge in [0.1, 0.15) is 5.75 Å². The zero-order chi connectivity index (χ0) is 8.70. The Labute approximate surface area is 63.5 Å². The summed E-state index contributed by atoms with van der Waals surface area (Å²) in [4.78, 5) is 0. The lowest BCUT2D eigenvalue weighted by Gasteiger charge is -2.27. The maximum Gasteiger partial charge on any atom is 0.276 e. The molecule has 1 fully saturated rings. The highest BCUT2D eigenvalue weighted by atomic mass is 32.2. The Morgan fingerprint density at radius 3 is 2.36 bits per heavy atom. The van der Waals surface area contributed by atoms with E-state index in [0.717, 1.165) is 0 Å². The first-order valence-electron chi connectivity index (χ1n) is 3.17. The minimum Gasteiger partial charge on any atom is -0.323 e. The fraction of sp³-hybridized carbons (Fsp3) is 1.00. The number of alkyl halides is 2. The smallest absolute Gasteiger partial charge is 0.276 e. The Morgan fingerprint density at radius 2 is 2.00 bits per heavy atom. The molecule has 0 bridgehead atoms. The summed E-state index contributed by atoms with van der Waals surface area (Å²) in [6, 6.07) is -1.30. The molecule has 2 N–H and O–H groups in total. The summed E-state index contributed by atoms with van der Waals surface area (Å²) in [7, 11) is -3.55. The van der Waals surface area contributed by atoms with Gasteiger partial charge in [-0.1, -0.05) is 0 Å². The molecule has 1 unspecified atom stereocenters. The van der Waals surface area contributed by atoms with E-state index in [1.165, 1.54) is 0 Å². The van der Waals surface area contributed by atoms with E-state index in [2.05, 4.69) is 0 Å². The Bertz CT molecular complexity index is 249. The Kier molecular flexibility index (Phi) is 1.92. The van der Waals surface area contributed by atoms with Gasteiger partial charge >= 0.3 is 0 Å². The van der Waals surface area contributed by atoms with E-state index in [9.17, 15) is 17.2 Å². The second-order valence-corrected chi connectivity index (χ2v) is 4.93. The Morgan fingerprint density at radius 1 is 1.45 bits per heavy atom. The molecule has 0 aromatic heterocycles. The molecule has 1 aliphatic heterocycles. The summed E-state index contributed by atoms with van der Waals surface area (Å²) in [5, 5.41) is 0. The third-order valence-corrected chi connectivity index (χ3v) is 3.38. The van der Waals surface area contributed by atoms with Crippen molar-refractivity contribution < 1.29 is 17.2 Å². The molecule has 0 aliphatic carbocycles. The maximum atomic E-state index is 12.6. The van der Waals surface area contributed by atoms with Gasteiger partial charge in [0.15, 0.2) is 9.84 Å². The number of halogens is 2. The zero-order valence-electron chi connectivity index (χ0n) is 5.76. The molecule has 0 radical (unpaired) electrons. The third-order valence-electron chi connectivity index (χ3n) is 1.69. The monoisotopic (exact) mass is 185 g/mol. The molecule has 1 saturated heterocycles. The average Bonchev–Trinajstić information content (AvgIpc) is 1.77. The van der Waals surface area contributed by atoms with E-state index in [0.29, 0.717) is 0 Å². The SMILES string of the molecule is NC1CCS(=O)(=O)CC1(F)F. The molecule has 6 heteroatoms. The Hall–Kier alpha value is -0.230. The molecule has 0 aromatic carbocycles. The van der Waals surface area contributed by atoms with Crippen molar-refractivity contribution in [1.29, 1.82) is 0 Å². The summed E-state index contributed by atoms with van der Waals surface area (Å²) in [5.41, 5.74) is 5.02. The fourth-order valence-corrected chi connectivity index (χ4v) is 2.55. The molecular formula is C5H9F2NO2S. The van der Waals surface area contributed by atoms with Crippen molar-refractivity contribution in [3.63, 3.8) is 0 Å².